The minimum Gasteiger partial charge on any atom is -0.480 e. The van der Waals surface area contributed by atoms with E-state index in [4.69, 9.17) is 5.11 Å². The van der Waals surface area contributed by atoms with Crippen LogP contribution in [0.15, 0.2) is 9.59 Å². The molecule has 2 aromatic rings. The molecule has 0 saturated heterocycles. The number of fused-ring (bicyclic) bond motifs is 3. The fraction of sp³-hybridized carbons (Fsp3) is 0.667. The van der Waals surface area contributed by atoms with Crippen molar-refractivity contribution in [3.63, 3.8) is 0 Å². The zero-order chi connectivity index (χ0) is 19.3. The fourth-order valence-corrected chi connectivity index (χ4v) is 4.52. The lowest BCUT2D eigenvalue weighted by Crippen LogP contribution is -2.45. The molecule has 0 bridgehead atoms. The Labute approximate surface area is 155 Å². The number of anilines is 1. The molecule has 0 unspecified atom stereocenters. The maximum absolute atomic E-state index is 13.0. The summed E-state index contributed by atoms with van der Waals surface area (Å²) in [5, 5.41) is 9.08. The van der Waals surface area contributed by atoms with Crippen LogP contribution in [-0.4, -0.2) is 42.3 Å². The number of carboxylic acid groups (broad SMARTS) is 1. The van der Waals surface area contributed by atoms with Gasteiger partial charge < -0.3 is 14.6 Å². The van der Waals surface area contributed by atoms with Crippen LogP contribution >= 0.6 is 0 Å². The van der Waals surface area contributed by atoms with E-state index >= 15 is 0 Å². The number of aryl methyl sites for hydroxylation is 1. The minimum atomic E-state index is -1.22. The zero-order valence-electron chi connectivity index (χ0n) is 15.7. The van der Waals surface area contributed by atoms with Crippen molar-refractivity contribution in [1.82, 2.24) is 18.7 Å². The van der Waals surface area contributed by atoms with Crippen molar-refractivity contribution in [2.45, 2.75) is 58.2 Å². The van der Waals surface area contributed by atoms with Gasteiger partial charge in [0.1, 0.15) is 6.54 Å². The van der Waals surface area contributed by atoms with Gasteiger partial charge in [0, 0.05) is 26.2 Å². The number of nitrogens with zero attached hydrogens (tertiary/aromatic N) is 5. The van der Waals surface area contributed by atoms with Gasteiger partial charge in [-0.1, -0.05) is 26.2 Å². The topological polar surface area (TPSA) is 102 Å². The predicted octanol–water partition coefficient (Wildman–Crippen LogP) is 0.770. The quantitative estimate of drug-likeness (QED) is 0.850. The summed E-state index contributed by atoms with van der Waals surface area (Å²) in [6, 6.07) is 0.398. The molecule has 3 heterocycles. The molecule has 0 spiro atoms. The Kier molecular flexibility index (Phi) is 4.32. The zero-order valence-corrected chi connectivity index (χ0v) is 15.7. The molecular formula is C18H25N5O4. The predicted molar refractivity (Wildman–Crippen MR) is 100 cm³/mol. The van der Waals surface area contributed by atoms with E-state index < -0.39 is 23.8 Å². The van der Waals surface area contributed by atoms with Crippen LogP contribution in [0.3, 0.4) is 0 Å². The summed E-state index contributed by atoms with van der Waals surface area (Å²) >= 11 is 0. The SMILES string of the molecule is C[C@@H]1CN(C2CCCCC2)c2nc3c(c(=O)n(CC(=O)O)c(=O)n3C)n2C1. The highest BCUT2D eigenvalue weighted by Crippen LogP contribution is 2.32. The first-order chi connectivity index (χ1) is 12.9. The maximum Gasteiger partial charge on any atom is 0.333 e. The minimum absolute atomic E-state index is 0.320. The summed E-state index contributed by atoms with van der Waals surface area (Å²) in [4.78, 5) is 43.6. The third-order valence-electron chi connectivity index (χ3n) is 5.78. The fourth-order valence-electron chi connectivity index (χ4n) is 4.52. The first kappa shape index (κ1) is 17.8. The lowest BCUT2D eigenvalue weighted by molar-refractivity contribution is -0.137. The Morgan fingerprint density at radius 2 is 1.89 bits per heavy atom. The van der Waals surface area contributed by atoms with Gasteiger partial charge in [-0.05, 0) is 18.8 Å². The van der Waals surface area contributed by atoms with Crippen LogP contribution in [0.2, 0.25) is 0 Å². The molecule has 1 aliphatic carbocycles. The summed E-state index contributed by atoms with van der Waals surface area (Å²) in [5.41, 5.74) is -0.577. The molecule has 4 rings (SSSR count). The number of hydrogen-bond donors (Lipinski definition) is 1. The van der Waals surface area contributed by atoms with E-state index in [2.05, 4.69) is 16.8 Å². The lowest BCUT2D eigenvalue weighted by Gasteiger charge is -2.40. The van der Waals surface area contributed by atoms with E-state index in [9.17, 15) is 14.4 Å². The Morgan fingerprint density at radius 3 is 2.56 bits per heavy atom. The average Bonchev–Trinajstić information content (AvgIpc) is 3.03. The molecule has 0 amide bonds. The van der Waals surface area contributed by atoms with Crippen molar-refractivity contribution in [2.75, 3.05) is 11.4 Å². The van der Waals surface area contributed by atoms with E-state index in [0.29, 0.717) is 29.7 Å². The standard InChI is InChI=1S/C18H25N5O4/c1-11-8-21(12-6-4-3-5-7-12)17-19-15-14(22(17)9-11)16(26)23(10-13(24)25)18(27)20(15)2/h11-12H,3-10H2,1-2H3,(H,24,25)/t11-/m1/s1. The molecule has 2 aromatic heterocycles. The van der Waals surface area contributed by atoms with Crippen molar-refractivity contribution in [3.05, 3.63) is 20.8 Å². The molecular weight excluding hydrogens is 350 g/mol. The summed E-state index contributed by atoms with van der Waals surface area (Å²) in [6.45, 7) is 3.01. The molecule has 1 atom stereocenters. The molecule has 0 aromatic carbocycles. The Bertz CT molecular complexity index is 1010. The number of aromatic nitrogens is 4. The highest BCUT2D eigenvalue weighted by molar-refractivity contribution is 5.75. The van der Waals surface area contributed by atoms with Crippen LogP contribution in [0.4, 0.5) is 5.95 Å². The molecule has 1 N–H and O–H groups in total. The molecule has 2 aliphatic rings. The van der Waals surface area contributed by atoms with Crippen molar-refractivity contribution < 1.29 is 9.90 Å². The lowest BCUT2D eigenvalue weighted by atomic mass is 9.93. The van der Waals surface area contributed by atoms with Crippen molar-refractivity contribution in [3.8, 4) is 0 Å². The van der Waals surface area contributed by atoms with Crippen LogP contribution < -0.4 is 16.1 Å². The summed E-state index contributed by atoms with van der Waals surface area (Å²) in [6.07, 6.45) is 5.86. The average molecular weight is 375 g/mol. The molecule has 1 aliphatic heterocycles. The van der Waals surface area contributed by atoms with Gasteiger partial charge >= 0.3 is 11.7 Å². The Balaban J connectivity index is 1.94. The highest BCUT2D eigenvalue weighted by atomic mass is 16.4. The molecule has 9 heteroatoms. The number of carbonyl (C=O) groups is 1. The van der Waals surface area contributed by atoms with Gasteiger partial charge in [-0.3, -0.25) is 14.2 Å². The molecule has 146 valence electrons. The summed E-state index contributed by atoms with van der Waals surface area (Å²) in [7, 11) is 1.54. The van der Waals surface area contributed by atoms with Crippen molar-refractivity contribution in [1.29, 1.82) is 0 Å². The van der Waals surface area contributed by atoms with E-state index in [0.717, 1.165) is 29.9 Å². The second-order valence-electron chi connectivity index (χ2n) is 7.87. The van der Waals surface area contributed by atoms with Crippen LogP contribution in [-0.2, 0) is 24.9 Å². The van der Waals surface area contributed by atoms with Crippen LogP contribution in [0.25, 0.3) is 11.2 Å². The summed E-state index contributed by atoms with van der Waals surface area (Å²) < 4.78 is 3.96. The molecule has 0 radical (unpaired) electrons. The number of aliphatic carboxylic acids is 1. The van der Waals surface area contributed by atoms with Gasteiger partial charge in [0.2, 0.25) is 5.95 Å². The Hall–Kier alpha value is -2.58. The van der Waals surface area contributed by atoms with E-state index in [1.807, 2.05) is 4.57 Å². The van der Waals surface area contributed by atoms with Gasteiger partial charge in [-0.15, -0.1) is 0 Å². The van der Waals surface area contributed by atoms with Gasteiger partial charge in [0.05, 0.1) is 0 Å². The number of carboxylic acids is 1. The van der Waals surface area contributed by atoms with E-state index in [1.54, 1.807) is 0 Å². The van der Waals surface area contributed by atoms with Crippen molar-refractivity contribution in [2.24, 2.45) is 13.0 Å². The number of rotatable bonds is 3. The third kappa shape index (κ3) is 2.85. The first-order valence-electron chi connectivity index (χ1n) is 9.57. The highest BCUT2D eigenvalue weighted by Gasteiger charge is 2.33. The second-order valence-corrected chi connectivity index (χ2v) is 7.87. The Morgan fingerprint density at radius 1 is 1.19 bits per heavy atom. The van der Waals surface area contributed by atoms with Gasteiger partial charge in [-0.2, -0.15) is 4.98 Å². The van der Waals surface area contributed by atoms with Gasteiger partial charge in [-0.25, -0.2) is 9.36 Å². The molecule has 9 nitrogen and oxygen atoms in total. The largest absolute Gasteiger partial charge is 0.480 e. The molecule has 1 fully saturated rings. The van der Waals surface area contributed by atoms with Crippen LogP contribution in [0.5, 0.6) is 0 Å². The third-order valence-corrected chi connectivity index (χ3v) is 5.78. The maximum atomic E-state index is 13.0. The normalized spacial score (nSPS) is 20.8. The molecule has 1 saturated carbocycles. The van der Waals surface area contributed by atoms with Crippen molar-refractivity contribution >= 4 is 23.1 Å². The summed E-state index contributed by atoms with van der Waals surface area (Å²) in [5.74, 6) is -0.152. The van der Waals surface area contributed by atoms with Gasteiger partial charge in [0.25, 0.3) is 5.56 Å². The smallest absolute Gasteiger partial charge is 0.333 e. The van der Waals surface area contributed by atoms with Gasteiger partial charge in [0.15, 0.2) is 11.2 Å². The number of hydrogen-bond acceptors (Lipinski definition) is 5. The van der Waals surface area contributed by atoms with E-state index in [1.165, 1.54) is 30.9 Å². The second kappa shape index (κ2) is 6.54. The van der Waals surface area contributed by atoms with Crippen LogP contribution in [0.1, 0.15) is 39.0 Å². The molecule has 27 heavy (non-hydrogen) atoms. The van der Waals surface area contributed by atoms with Crippen LogP contribution in [0, 0.1) is 5.92 Å². The van der Waals surface area contributed by atoms with E-state index in [-0.39, 0.29) is 0 Å². The number of imidazole rings is 1. The first-order valence-corrected chi connectivity index (χ1v) is 9.57. The monoisotopic (exact) mass is 375 g/mol.